The Bertz CT molecular complexity index is 602. The van der Waals surface area contributed by atoms with Crippen LogP contribution in [-0.4, -0.2) is 25.0 Å². The molecule has 116 valence electrons. The lowest BCUT2D eigenvalue weighted by molar-refractivity contribution is 0.0476. The van der Waals surface area contributed by atoms with Crippen molar-refractivity contribution < 1.29 is 19.1 Å². The summed E-state index contributed by atoms with van der Waals surface area (Å²) in [6, 6.07) is 10.2. The molecule has 2 aromatic rings. The second-order valence-electron chi connectivity index (χ2n) is 4.70. The molecule has 0 amide bonds. The molecule has 0 fully saturated rings. The summed E-state index contributed by atoms with van der Waals surface area (Å²) in [5, 5.41) is 1.81. The molecule has 0 saturated carbocycles. The Balaban J connectivity index is 1.83. The molecule has 5 heteroatoms. The van der Waals surface area contributed by atoms with Gasteiger partial charge in [0, 0.05) is 0 Å². The lowest BCUT2D eigenvalue weighted by atomic mass is 10.2. The molecule has 0 unspecified atom stereocenters. The summed E-state index contributed by atoms with van der Waals surface area (Å²) >= 11 is 1.33. The molecule has 0 spiro atoms. The molecule has 0 N–H and O–H groups in total. The van der Waals surface area contributed by atoms with Gasteiger partial charge in [0.05, 0.1) is 17.0 Å². The Hall–Kier alpha value is -2.14. The number of Topliss-reactive ketones (excluding diaryl/α,β-unsaturated/α-hetero) is 1. The molecular formula is C17H18O4S. The number of ether oxygens (including phenoxy) is 2. The minimum atomic E-state index is -0.509. The highest BCUT2D eigenvalue weighted by molar-refractivity contribution is 7.12. The molecule has 0 aliphatic carbocycles. The Morgan fingerprint density at radius 3 is 2.55 bits per heavy atom. The van der Waals surface area contributed by atoms with Crippen molar-refractivity contribution in [2.75, 3.05) is 13.2 Å². The zero-order valence-electron chi connectivity index (χ0n) is 12.4. The molecule has 0 saturated heterocycles. The summed E-state index contributed by atoms with van der Waals surface area (Å²) in [6.45, 7) is 2.52. The van der Waals surface area contributed by atoms with Gasteiger partial charge in [-0.25, -0.2) is 4.79 Å². The van der Waals surface area contributed by atoms with Crippen LogP contribution >= 0.6 is 11.3 Å². The van der Waals surface area contributed by atoms with Crippen molar-refractivity contribution in [2.24, 2.45) is 0 Å². The van der Waals surface area contributed by atoms with Crippen molar-refractivity contribution in [2.45, 2.75) is 19.8 Å². The maximum Gasteiger partial charge on any atom is 0.338 e. The van der Waals surface area contributed by atoms with Gasteiger partial charge in [0.1, 0.15) is 5.75 Å². The van der Waals surface area contributed by atoms with Gasteiger partial charge in [-0.3, -0.25) is 4.79 Å². The van der Waals surface area contributed by atoms with E-state index in [0.717, 1.165) is 18.6 Å². The van der Waals surface area contributed by atoms with Crippen LogP contribution in [0, 0.1) is 0 Å². The molecule has 4 nitrogen and oxygen atoms in total. The number of hydrogen-bond donors (Lipinski definition) is 0. The van der Waals surface area contributed by atoms with E-state index >= 15 is 0 Å². The maximum atomic E-state index is 11.9. The average molecular weight is 318 g/mol. The predicted molar refractivity (Wildman–Crippen MR) is 85.8 cm³/mol. The van der Waals surface area contributed by atoms with Crippen molar-refractivity contribution in [1.29, 1.82) is 0 Å². The SMILES string of the molecule is CCCCOc1ccc(C(=O)OCC(=O)c2cccs2)cc1. The molecule has 0 radical (unpaired) electrons. The molecule has 2 rings (SSSR count). The van der Waals surface area contributed by atoms with Crippen LogP contribution in [-0.2, 0) is 4.74 Å². The normalized spacial score (nSPS) is 10.2. The Morgan fingerprint density at radius 1 is 1.14 bits per heavy atom. The van der Waals surface area contributed by atoms with Crippen LogP contribution in [0.15, 0.2) is 41.8 Å². The third kappa shape index (κ3) is 4.70. The fourth-order valence-corrected chi connectivity index (χ4v) is 2.40. The zero-order valence-corrected chi connectivity index (χ0v) is 13.2. The summed E-state index contributed by atoms with van der Waals surface area (Å²) in [4.78, 5) is 24.2. The zero-order chi connectivity index (χ0) is 15.8. The second-order valence-corrected chi connectivity index (χ2v) is 5.65. The molecular weight excluding hydrogens is 300 g/mol. The number of carbonyl (C=O) groups is 2. The average Bonchev–Trinajstić information content (AvgIpc) is 3.08. The van der Waals surface area contributed by atoms with E-state index in [9.17, 15) is 9.59 Å². The van der Waals surface area contributed by atoms with Crippen molar-refractivity contribution in [3.8, 4) is 5.75 Å². The number of unbranched alkanes of at least 4 members (excludes halogenated alkanes) is 1. The molecule has 1 heterocycles. The first-order valence-corrected chi connectivity index (χ1v) is 8.05. The van der Waals surface area contributed by atoms with Crippen LogP contribution in [0.2, 0.25) is 0 Å². The molecule has 0 aliphatic rings. The van der Waals surface area contributed by atoms with Crippen LogP contribution in [0.5, 0.6) is 5.75 Å². The minimum absolute atomic E-state index is 0.192. The van der Waals surface area contributed by atoms with Crippen LogP contribution in [0.1, 0.15) is 39.8 Å². The summed E-state index contributed by atoms with van der Waals surface area (Å²) < 4.78 is 10.6. The van der Waals surface area contributed by atoms with Crippen LogP contribution in [0.4, 0.5) is 0 Å². The maximum absolute atomic E-state index is 11.9. The van der Waals surface area contributed by atoms with E-state index in [2.05, 4.69) is 6.92 Å². The highest BCUT2D eigenvalue weighted by atomic mass is 32.1. The topological polar surface area (TPSA) is 52.6 Å². The van der Waals surface area contributed by atoms with Crippen LogP contribution in [0.3, 0.4) is 0 Å². The van der Waals surface area contributed by atoms with E-state index in [-0.39, 0.29) is 12.4 Å². The number of carbonyl (C=O) groups excluding carboxylic acids is 2. The fourth-order valence-electron chi connectivity index (χ4n) is 1.74. The van der Waals surface area contributed by atoms with Gasteiger partial charge in [-0.05, 0) is 42.1 Å². The first kappa shape index (κ1) is 16.2. The number of thiophene rings is 1. The molecule has 0 bridgehead atoms. The number of hydrogen-bond acceptors (Lipinski definition) is 5. The number of esters is 1. The summed E-state index contributed by atoms with van der Waals surface area (Å²) in [5.74, 6) is 0.0209. The summed E-state index contributed by atoms with van der Waals surface area (Å²) in [7, 11) is 0. The van der Waals surface area contributed by atoms with Crippen LogP contribution < -0.4 is 4.74 Å². The van der Waals surface area contributed by atoms with Gasteiger partial charge in [0.15, 0.2) is 6.61 Å². The first-order chi connectivity index (χ1) is 10.7. The van der Waals surface area contributed by atoms with E-state index in [1.54, 1.807) is 36.4 Å². The smallest absolute Gasteiger partial charge is 0.338 e. The van der Waals surface area contributed by atoms with E-state index in [1.165, 1.54) is 11.3 Å². The van der Waals surface area contributed by atoms with Crippen molar-refractivity contribution in [3.05, 3.63) is 52.2 Å². The quantitative estimate of drug-likeness (QED) is 0.420. The summed E-state index contributed by atoms with van der Waals surface area (Å²) in [6.07, 6.45) is 2.07. The van der Waals surface area contributed by atoms with Gasteiger partial charge in [0.25, 0.3) is 0 Å². The van der Waals surface area contributed by atoms with Gasteiger partial charge in [-0.15, -0.1) is 11.3 Å². The standard InChI is InChI=1S/C17H18O4S/c1-2-3-10-20-14-8-6-13(7-9-14)17(19)21-12-15(18)16-5-4-11-22-16/h4-9,11H,2-3,10,12H2,1H3. The Morgan fingerprint density at radius 2 is 1.91 bits per heavy atom. The first-order valence-electron chi connectivity index (χ1n) is 7.17. The lowest BCUT2D eigenvalue weighted by Gasteiger charge is -2.06. The highest BCUT2D eigenvalue weighted by Gasteiger charge is 2.12. The second kappa shape index (κ2) is 8.34. The van der Waals surface area contributed by atoms with Crippen molar-refractivity contribution in [3.63, 3.8) is 0 Å². The number of benzene rings is 1. The lowest BCUT2D eigenvalue weighted by Crippen LogP contribution is -2.13. The number of ketones is 1. The van der Waals surface area contributed by atoms with Gasteiger partial charge in [0.2, 0.25) is 5.78 Å². The van der Waals surface area contributed by atoms with Gasteiger partial charge in [-0.2, -0.15) is 0 Å². The fraction of sp³-hybridized carbons (Fsp3) is 0.294. The monoisotopic (exact) mass is 318 g/mol. The predicted octanol–water partition coefficient (Wildman–Crippen LogP) is 3.97. The Kier molecular flexibility index (Phi) is 6.15. The van der Waals surface area contributed by atoms with Gasteiger partial charge in [-0.1, -0.05) is 19.4 Å². The van der Waals surface area contributed by atoms with Gasteiger partial charge >= 0.3 is 5.97 Å². The third-order valence-electron chi connectivity index (χ3n) is 2.99. The Labute approximate surface area is 133 Å². The molecule has 0 aliphatic heterocycles. The van der Waals surface area contributed by atoms with E-state index in [0.29, 0.717) is 17.0 Å². The third-order valence-corrected chi connectivity index (χ3v) is 3.90. The summed E-state index contributed by atoms with van der Waals surface area (Å²) in [5.41, 5.74) is 0.404. The van der Waals surface area contributed by atoms with Crippen LogP contribution in [0.25, 0.3) is 0 Å². The van der Waals surface area contributed by atoms with Crippen molar-refractivity contribution >= 4 is 23.1 Å². The molecule has 0 atom stereocenters. The largest absolute Gasteiger partial charge is 0.494 e. The van der Waals surface area contributed by atoms with E-state index in [1.807, 2.05) is 5.38 Å². The van der Waals surface area contributed by atoms with Crippen molar-refractivity contribution in [1.82, 2.24) is 0 Å². The van der Waals surface area contributed by atoms with E-state index in [4.69, 9.17) is 9.47 Å². The van der Waals surface area contributed by atoms with E-state index < -0.39 is 5.97 Å². The van der Waals surface area contributed by atoms with Gasteiger partial charge < -0.3 is 9.47 Å². The molecule has 1 aromatic heterocycles. The highest BCUT2D eigenvalue weighted by Crippen LogP contribution is 2.14. The minimum Gasteiger partial charge on any atom is -0.494 e. The molecule has 1 aromatic carbocycles. The number of rotatable bonds is 8. The molecule has 22 heavy (non-hydrogen) atoms.